The Morgan fingerprint density at radius 1 is 0.857 bits per heavy atom. The lowest BCUT2D eigenvalue weighted by molar-refractivity contribution is -0.120. The highest BCUT2D eigenvalue weighted by atomic mass is 32.2. The molecule has 6 heteroatoms. The van der Waals surface area contributed by atoms with Gasteiger partial charge >= 0.3 is 16.6 Å². The Morgan fingerprint density at radius 2 is 1.48 bits per heavy atom. The van der Waals surface area contributed by atoms with Crippen LogP contribution in [0.4, 0.5) is 0 Å². The Kier molecular flexibility index (Phi) is 4.33. The van der Waals surface area contributed by atoms with E-state index in [-0.39, 0.29) is 28.7 Å². The van der Waals surface area contributed by atoms with Crippen molar-refractivity contribution in [1.82, 2.24) is 0 Å². The third-order valence-electron chi connectivity index (χ3n) is 3.14. The van der Waals surface area contributed by atoms with Gasteiger partial charge in [0.25, 0.3) is 0 Å². The summed E-state index contributed by atoms with van der Waals surface area (Å²) >= 11 is 0. The minimum Gasteiger partial charge on any atom is -0.345 e. The van der Waals surface area contributed by atoms with Crippen molar-refractivity contribution in [3.8, 4) is 0 Å². The van der Waals surface area contributed by atoms with E-state index < -0.39 is 10.1 Å². The van der Waals surface area contributed by atoms with Crippen LogP contribution in [0.2, 0.25) is 0 Å². The van der Waals surface area contributed by atoms with Crippen LogP contribution in [0.15, 0.2) is 59.5 Å². The van der Waals surface area contributed by atoms with Crippen molar-refractivity contribution in [2.75, 3.05) is 0 Å². The molecule has 0 spiro atoms. The first-order valence-electron chi connectivity index (χ1n) is 5.90. The van der Waals surface area contributed by atoms with Gasteiger partial charge in [-0.1, -0.05) is 36.4 Å². The fourth-order valence-corrected chi connectivity index (χ4v) is 3.16. The van der Waals surface area contributed by atoms with E-state index in [1.54, 1.807) is 12.1 Å². The molecule has 0 N–H and O–H groups in total. The fraction of sp³-hybridized carbons (Fsp3) is 0. The highest BCUT2D eigenvalue weighted by Crippen LogP contribution is 2.28. The average molecular weight is 313 g/mol. The smallest absolute Gasteiger partial charge is 0.342 e. The quantitative estimate of drug-likeness (QED) is 0.322. The first kappa shape index (κ1) is 15.5. The molecule has 103 valence electrons. The summed E-state index contributed by atoms with van der Waals surface area (Å²) < 4.78 is 28.1. The van der Waals surface area contributed by atoms with E-state index in [0.717, 1.165) is 16.2 Å². The molecule has 3 aromatic carbocycles. The van der Waals surface area contributed by atoms with Crippen molar-refractivity contribution in [3.05, 3.63) is 54.6 Å². The first-order chi connectivity index (χ1) is 9.62. The zero-order chi connectivity index (χ0) is 14.2. The van der Waals surface area contributed by atoms with Gasteiger partial charge in [0.1, 0.15) is 4.90 Å². The molecular weight excluding hydrogens is 303 g/mol. The Bertz CT molecular complexity index is 919. The second-order valence-corrected chi connectivity index (χ2v) is 5.86. The lowest BCUT2D eigenvalue weighted by Crippen LogP contribution is -2.05. The maximum atomic E-state index is 11.9. The summed E-state index contributed by atoms with van der Waals surface area (Å²) in [7, 11) is -4.07. The largest absolute Gasteiger partial charge is 0.345 e. The van der Waals surface area contributed by atoms with E-state index in [0.29, 0.717) is 5.39 Å². The molecule has 0 bridgehead atoms. The average Bonchev–Trinajstić information content (AvgIpc) is 2.44. The Hall–Kier alpha value is -1.87. The van der Waals surface area contributed by atoms with Gasteiger partial charge in [0.2, 0.25) is 0 Å². The van der Waals surface area contributed by atoms with Crippen LogP contribution in [0.3, 0.4) is 0 Å². The van der Waals surface area contributed by atoms with Gasteiger partial charge in [-0.2, -0.15) is 8.42 Å². The van der Waals surface area contributed by atoms with Crippen molar-refractivity contribution in [2.45, 2.75) is 4.90 Å². The lowest BCUT2D eigenvalue weighted by Gasteiger charge is -2.07. The Morgan fingerprint density at radius 3 is 2.14 bits per heavy atom. The normalized spacial score (nSPS) is 11.0. The molecule has 0 aliphatic carbocycles. The molecule has 0 aliphatic heterocycles. The number of hydrogen-bond donors (Lipinski definition) is 0. The molecule has 3 aromatic rings. The Labute approximate surface area is 132 Å². The second kappa shape index (κ2) is 5.86. The van der Waals surface area contributed by atoms with Crippen LogP contribution in [-0.2, 0) is 19.1 Å². The van der Waals surface area contributed by atoms with Gasteiger partial charge in [-0.25, -0.2) is 0 Å². The van der Waals surface area contributed by atoms with Crippen LogP contribution in [-0.4, -0.2) is 32.3 Å². The third-order valence-corrected chi connectivity index (χ3v) is 4.37. The highest BCUT2D eigenvalue weighted by Gasteiger charge is 2.18. The molecule has 0 heterocycles. The van der Waals surface area contributed by atoms with Gasteiger partial charge < -0.3 is 4.18 Å². The number of hydrogen-bond acceptors (Lipinski definition) is 4. The second-order valence-electron chi connectivity index (χ2n) is 4.32. The van der Waals surface area contributed by atoms with Crippen molar-refractivity contribution in [1.29, 1.82) is 0 Å². The summed E-state index contributed by atoms with van der Waals surface area (Å²) in [5.74, 6) is 0. The molecule has 0 fully saturated rings. The van der Waals surface area contributed by atoms with Crippen molar-refractivity contribution in [3.63, 3.8) is 0 Å². The van der Waals surface area contributed by atoms with Gasteiger partial charge in [-0.15, -0.1) is 0 Å². The van der Waals surface area contributed by atoms with Crippen LogP contribution >= 0.6 is 0 Å². The van der Waals surface area contributed by atoms with E-state index in [1.807, 2.05) is 36.4 Å². The fourth-order valence-electron chi connectivity index (χ4n) is 2.26. The minimum atomic E-state index is -4.07. The maximum Gasteiger partial charge on any atom is 0.342 e. The van der Waals surface area contributed by atoms with Crippen molar-refractivity contribution in [2.24, 2.45) is 0 Å². The first-order valence-corrected chi connectivity index (χ1v) is 7.31. The van der Waals surface area contributed by atoms with Crippen LogP contribution in [0.5, 0.6) is 0 Å². The molecule has 0 saturated carbocycles. The summed E-state index contributed by atoms with van der Waals surface area (Å²) in [6.45, 7) is -0.0742. The van der Waals surface area contributed by atoms with Gasteiger partial charge in [-0.3, -0.25) is 4.79 Å². The van der Waals surface area contributed by atoms with Crippen molar-refractivity contribution < 1.29 is 17.4 Å². The summed E-state index contributed by atoms with van der Waals surface area (Å²) in [4.78, 5) is 10.3. The highest BCUT2D eigenvalue weighted by molar-refractivity contribution is 7.87. The maximum absolute atomic E-state index is 11.9. The topological polar surface area (TPSA) is 60.4 Å². The predicted molar refractivity (Wildman–Crippen MR) is 81.5 cm³/mol. The number of carbonyl (C=O) groups is 1. The molecule has 21 heavy (non-hydrogen) atoms. The van der Waals surface area contributed by atoms with Crippen LogP contribution in [0, 0.1) is 0 Å². The van der Waals surface area contributed by atoms with Crippen LogP contribution in [0.25, 0.3) is 21.5 Å². The SMILES string of the molecule is O=COS(=O)(=O)c1cccc2cc3ccccc3cc12.[Al]. The summed E-state index contributed by atoms with van der Waals surface area (Å²) in [5.41, 5.74) is 0. The summed E-state index contributed by atoms with van der Waals surface area (Å²) in [6.07, 6.45) is 0. The summed E-state index contributed by atoms with van der Waals surface area (Å²) in [5, 5.41) is 3.26. The molecule has 0 aliphatic rings. The molecule has 0 saturated heterocycles. The molecule has 0 amide bonds. The zero-order valence-electron chi connectivity index (χ0n) is 10.9. The number of fused-ring (bicyclic) bond motifs is 2. The summed E-state index contributed by atoms with van der Waals surface area (Å²) in [6, 6.07) is 16.2. The van der Waals surface area contributed by atoms with E-state index in [9.17, 15) is 13.2 Å². The van der Waals surface area contributed by atoms with Crippen molar-refractivity contribution >= 4 is 55.5 Å². The molecule has 0 unspecified atom stereocenters. The van der Waals surface area contributed by atoms with E-state index in [1.165, 1.54) is 6.07 Å². The van der Waals surface area contributed by atoms with Gasteiger partial charge in [0.15, 0.2) is 0 Å². The number of benzene rings is 3. The zero-order valence-corrected chi connectivity index (χ0v) is 12.9. The van der Waals surface area contributed by atoms with E-state index in [2.05, 4.69) is 4.18 Å². The molecule has 0 aromatic heterocycles. The van der Waals surface area contributed by atoms with Gasteiger partial charge in [0, 0.05) is 22.7 Å². The Balaban J connectivity index is 0.00000161. The third kappa shape index (κ3) is 2.79. The molecule has 0 atom stereocenters. The monoisotopic (exact) mass is 313 g/mol. The predicted octanol–water partition coefficient (Wildman–Crippen LogP) is 2.47. The van der Waals surface area contributed by atoms with Crippen LogP contribution < -0.4 is 0 Å². The number of carbonyl (C=O) groups excluding carboxylic acids is 1. The van der Waals surface area contributed by atoms with E-state index >= 15 is 0 Å². The van der Waals surface area contributed by atoms with Gasteiger partial charge in [0.05, 0.1) is 0 Å². The standard InChI is InChI=1S/C15H10O4S.Al/c16-10-19-20(17,18)15-7-3-6-13-8-11-4-1-2-5-12(11)9-14(13)15;/h1-10H;. The lowest BCUT2D eigenvalue weighted by atomic mass is 10.0. The molecule has 3 radical (unpaired) electrons. The van der Waals surface area contributed by atoms with Crippen LogP contribution in [0.1, 0.15) is 0 Å². The van der Waals surface area contributed by atoms with Gasteiger partial charge in [-0.05, 0) is 34.4 Å². The number of rotatable bonds is 3. The molecular formula is C15H10AlO4S. The minimum absolute atomic E-state index is 0. The molecule has 3 rings (SSSR count). The molecule has 4 nitrogen and oxygen atoms in total. The van der Waals surface area contributed by atoms with E-state index in [4.69, 9.17) is 0 Å².